The van der Waals surface area contributed by atoms with Crippen LogP contribution in [0.3, 0.4) is 0 Å². The number of aliphatic carboxylic acids is 1. The van der Waals surface area contributed by atoms with Gasteiger partial charge in [0.15, 0.2) is 11.4 Å². The van der Waals surface area contributed by atoms with Crippen LogP contribution in [0.25, 0.3) is 5.76 Å². The van der Waals surface area contributed by atoms with Gasteiger partial charge in [0.1, 0.15) is 22.8 Å². The molecule has 13 nitrogen and oxygen atoms in total. The van der Waals surface area contributed by atoms with Crippen molar-refractivity contribution in [1.82, 2.24) is 15.5 Å². The second-order valence-electron chi connectivity index (χ2n) is 10.4. The van der Waals surface area contributed by atoms with Crippen molar-refractivity contribution < 1.29 is 49.8 Å². The number of nitrogens with one attached hydrogen (secondary N) is 2. The van der Waals surface area contributed by atoms with Gasteiger partial charge in [0.2, 0.25) is 5.78 Å². The summed E-state index contributed by atoms with van der Waals surface area (Å²) < 4.78 is 0. The number of carbonyl (C=O) groups is 4. The minimum atomic E-state index is -2.82. The van der Waals surface area contributed by atoms with Crippen LogP contribution in [0.4, 0.5) is 0 Å². The van der Waals surface area contributed by atoms with E-state index in [1.807, 2.05) is 0 Å². The zero-order valence-electron chi connectivity index (χ0n) is 21.6. The first kappa shape index (κ1) is 28.2. The maximum atomic E-state index is 14.0. The Morgan fingerprint density at radius 3 is 2.41 bits per heavy atom. The summed E-state index contributed by atoms with van der Waals surface area (Å²) in [7, 11) is 2.99. The Morgan fingerprint density at radius 2 is 1.79 bits per heavy atom. The van der Waals surface area contributed by atoms with E-state index in [2.05, 4.69) is 10.6 Å². The quantitative estimate of drug-likeness (QED) is 0.121. The lowest BCUT2D eigenvalue weighted by molar-refractivity contribution is -0.159. The van der Waals surface area contributed by atoms with Crippen LogP contribution in [0.5, 0.6) is 5.75 Å². The normalized spacial score (nSPS) is 30.2. The van der Waals surface area contributed by atoms with E-state index in [9.17, 15) is 44.7 Å². The summed E-state index contributed by atoms with van der Waals surface area (Å²) in [6.07, 6.45) is -0.475. The molecule has 210 valence electrons. The minimum absolute atomic E-state index is 0.00246. The van der Waals surface area contributed by atoms with E-state index in [0.717, 1.165) is 0 Å². The molecule has 0 aliphatic heterocycles. The Hall–Kier alpha value is -3.78. The maximum Gasteiger partial charge on any atom is 0.304 e. The van der Waals surface area contributed by atoms with Crippen molar-refractivity contribution in [2.75, 3.05) is 27.3 Å². The van der Waals surface area contributed by atoms with E-state index in [-0.39, 0.29) is 37.2 Å². The maximum absolute atomic E-state index is 14.0. The van der Waals surface area contributed by atoms with Gasteiger partial charge >= 0.3 is 5.97 Å². The molecule has 0 radical (unpaired) electrons. The van der Waals surface area contributed by atoms with Crippen molar-refractivity contribution >= 4 is 29.2 Å². The second-order valence-corrected chi connectivity index (χ2v) is 10.4. The first-order valence-corrected chi connectivity index (χ1v) is 12.3. The number of phenols is 1. The zero-order valence-corrected chi connectivity index (χ0v) is 21.6. The van der Waals surface area contributed by atoms with E-state index in [4.69, 9.17) is 5.11 Å². The summed E-state index contributed by atoms with van der Waals surface area (Å²) in [6.45, 7) is 1.12. The third-order valence-electron chi connectivity index (χ3n) is 7.89. The number of nitrogens with zero attached hydrogens (tertiary/aromatic N) is 1. The number of aliphatic hydroxyl groups is 4. The average molecular weight is 546 g/mol. The number of carboxylic acids is 1. The number of hydrogen-bond acceptors (Lipinski definition) is 11. The summed E-state index contributed by atoms with van der Waals surface area (Å²) in [5, 5.41) is 69.7. The standard InChI is InChI=1S/C26H31N3O10/c1-25(38)11-5-4-6-14(30)16(11)20(33)17-12(25)9-13-19(29(2)3)21(34)18(23(36)26(13,39)22(17)35)24(37)28-10-27-8-7-15(31)32/h4-6,12-13,19,27,30,33,36,38-39H,7-10H2,1-3H3,(H,28,37)(H,31,32)/t12-,13-,19-,25-,26-/m0/s1. The number of fused-ring (bicyclic) bond motifs is 3. The predicted octanol–water partition coefficient (Wildman–Crippen LogP) is -0.718. The van der Waals surface area contributed by atoms with Crippen LogP contribution in [0.1, 0.15) is 30.9 Å². The fourth-order valence-electron chi connectivity index (χ4n) is 6.00. The van der Waals surface area contributed by atoms with Gasteiger partial charge in [0, 0.05) is 24.0 Å². The number of rotatable bonds is 7. The molecule has 5 atom stereocenters. The molecule has 8 N–H and O–H groups in total. The first-order chi connectivity index (χ1) is 18.2. The zero-order chi connectivity index (χ0) is 29.0. The Bertz CT molecular complexity index is 1330. The molecule has 4 rings (SSSR count). The molecule has 1 fully saturated rings. The monoisotopic (exact) mass is 545 g/mol. The number of carboxylic acid groups (broad SMARTS) is 1. The van der Waals surface area contributed by atoms with Crippen molar-refractivity contribution in [3.63, 3.8) is 0 Å². The van der Waals surface area contributed by atoms with Crippen LogP contribution in [-0.4, -0.2) is 97.9 Å². The van der Waals surface area contributed by atoms with Gasteiger partial charge in [-0.1, -0.05) is 12.1 Å². The third-order valence-corrected chi connectivity index (χ3v) is 7.89. The Kier molecular flexibility index (Phi) is 7.06. The summed E-state index contributed by atoms with van der Waals surface area (Å²) in [6, 6.07) is 2.92. The van der Waals surface area contributed by atoms with Crippen LogP contribution in [-0.2, 0) is 24.8 Å². The molecule has 0 unspecified atom stereocenters. The largest absolute Gasteiger partial charge is 0.508 e. The number of benzene rings is 1. The molecular weight excluding hydrogens is 514 g/mol. The van der Waals surface area contributed by atoms with Crippen molar-refractivity contribution in [2.24, 2.45) is 11.8 Å². The highest BCUT2D eigenvalue weighted by atomic mass is 16.4. The van der Waals surface area contributed by atoms with Gasteiger partial charge in [-0.3, -0.25) is 29.4 Å². The number of likely N-dealkylation sites (N-methyl/N-ethyl adjacent to an activating group) is 1. The molecule has 1 saturated carbocycles. The Balaban J connectivity index is 1.82. The number of Topliss-reactive ketones (excluding diaryl/α,β-unsaturated/α-hetero) is 2. The fourth-order valence-corrected chi connectivity index (χ4v) is 6.00. The summed E-state index contributed by atoms with van der Waals surface area (Å²) in [5.74, 6) is -8.98. The molecule has 1 aromatic rings. The number of phenolic OH excluding ortho intramolecular Hbond substituents is 1. The molecule has 1 aromatic carbocycles. The molecule has 39 heavy (non-hydrogen) atoms. The molecule has 3 aliphatic rings. The van der Waals surface area contributed by atoms with Gasteiger partial charge in [-0.25, -0.2) is 0 Å². The number of aliphatic hydroxyl groups excluding tert-OH is 2. The van der Waals surface area contributed by atoms with E-state index in [1.54, 1.807) is 0 Å². The van der Waals surface area contributed by atoms with Gasteiger partial charge in [-0.05, 0) is 39.1 Å². The van der Waals surface area contributed by atoms with Gasteiger partial charge in [0.25, 0.3) is 5.91 Å². The minimum Gasteiger partial charge on any atom is -0.508 e. The van der Waals surface area contributed by atoms with Crippen molar-refractivity contribution in [2.45, 2.75) is 37.0 Å². The van der Waals surface area contributed by atoms with E-state index in [1.165, 1.54) is 44.1 Å². The lowest BCUT2D eigenvalue weighted by atomic mass is 9.54. The van der Waals surface area contributed by atoms with Gasteiger partial charge in [-0.15, -0.1) is 0 Å². The molecule has 13 heteroatoms. The lowest BCUT2D eigenvalue weighted by Crippen LogP contribution is -2.67. The Morgan fingerprint density at radius 1 is 1.13 bits per heavy atom. The lowest BCUT2D eigenvalue weighted by Gasteiger charge is -2.53. The molecule has 0 aromatic heterocycles. The van der Waals surface area contributed by atoms with Crippen LogP contribution in [0.2, 0.25) is 0 Å². The molecular formula is C26H31N3O10. The highest BCUT2D eigenvalue weighted by Gasteiger charge is 2.66. The van der Waals surface area contributed by atoms with Gasteiger partial charge < -0.3 is 36.0 Å². The molecule has 1 amide bonds. The van der Waals surface area contributed by atoms with Crippen LogP contribution < -0.4 is 10.6 Å². The van der Waals surface area contributed by atoms with Crippen LogP contribution in [0, 0.1) is 11.8 Å². The van der Waals surface area contributed by atoms with E-state index in [0.29, 0.717) is 0 Å². The second kappa shape index (κ2) is 9.75. The molecule has 0 heterocycles. The van der Waals surface area contributed by atoms with Crippen molar-refractivity contribution in [1.29, 1.82) is 0 Å². The smallest absolute Gasteiger partial charge is 0.304 e. The molecule has 3 aliphatic carbocycles. The summed E-state index contributed by atoms with van der Waals surface area (Å²) >= 11 is 0. The first-order valence-electron chi connectivity index (χ1n) is 12.3. The predicted molar refractivity (Wildman–Crippen MR) is 134 cm³/mol. The number of carbonyl (C=O) groups excluding carboxylic acids is 3. The van der Waals surface area contributed by atoms with E-state index < -0.39 is 80.9 Å². The average Bonchev–Trinajstić information content (AvgIpc) is 2.84. The fraction of sp³-hybridized carbons (Fsp3) is 0.462. The summed E-state index contributed by atoms with van der Waals surface area (Å²) in [4.78, 5) is 52.5. The number of amides is 1. The topological polar surface area (TPSA) is 217 Å². The highest BCUT2D eigenvalue weighted by Crippen LogP contribution is 2.57. The highest BCUT2D eigenvalue weighted by molar-refractivity contribution is 6.25. The molecule has 0 spiro atoms. The van der Waals surface area contributed by atoms with E-state index >= 15 is 0 Å². The molecule has 0 saturated heterocycles. The van der Waals surface area contributed by atoms with Crippen LogP contribution >= 0.6 is 0 Å². The number of hydrogen-bond donors (Lipinski definition) is 8. The third kappa shape index (κ3) is 4.18. The van der Waals surface area contributed by atoms with Crippen molar-refractivity contribution in [3.05, 3.63) is 46.2 Å². The Labute approximate surface area is 223 Å². The number of aromatic hydroxyl groups is 1. The number of ketones is 2. The molecule has 0 bridgehead atoms. The van der Waals surface area contributed by atoms with Gasteiger partial charge in [0.05, 0.1) is 30.3 Å². The van der Waals surface area contributed by atoms with Gasteiger partial charge in [-0.2, -0.15) is 0 Å². The van der Waals surface area contributed by atoms with Crippen LogP contribution in [0.15, 0.2) is 35.1 Å². The van der Waals surface area contributed by atoms with Crippen molar-refractivity contribution in [3.8, 4) is 5.75 Å². The SMILES string of the molecule is CN(C)[C@@H]1C(=O)C(C(=O)NCNCCC(=O)O)=C(O)[C@@]2(O)C(=O)C3=C(O)c4c(O)cccc4[C@](C)(O)[C@H]3C[C@@H]12. The summed E-state index contributed by atoms with van der Waals surface area (Å²) in [5.41, 5.74) is -5.99.